The second-order valence-corrected chi connectivity index (χ2v) is 7.93. The Hall–Kier alpha value is -3.30. The number of nitrogens with zero attached hydrogens (tertiary/aromatic N) is 1. The summed E-state index contributed by atoms with van der Waals surface area (Å²) in [6, 6.07) is 6.12. The van der Waals surface area contributed by atoms with Gasteiger partial charge in [0.15, 0.2) is 5.75 Å². The summed E-state index contributed by atoms with van der Waals surface area (Å²) in [4.78, 5) is 26.0. The second-order valence-electron chi connectivity index (χ2n) is 7.93. The Morgan fingerprint density at radius 1 is 1.32 bits per heavy atom. The number of aromatic nitrogens is 2. The minimum Gasteiger partial charge on any atom is -0.504 e. The van der Waals surface area contributed by atoms with Crippen LogP contribution in [-0.2, 0) is 26.4 Å². The second kappa shape index (κ2) is 8.09. The van der Waals surface area contributed by atoms with Crippen LogP contribution in [-0.4, -0.2) is 43.7 Å². The van der Waals surface area contributed by atoms with Crippen LogP contribution in [0.15, 0.2) is 23.0 Å². The molecular formula is C22H25N3O6. The SMILES string of the molecule is CC(CO)NCc1cc2cc3c(cc2n1C)CCCc1c-3[nH]c(=O)c(OC(=O)O)c1O. The summed E-state index contributed by atoms with van der Waals surface area (Å²) >= 11 is 0. The molecule has 0 bridgehead atoms. The number of carbonyl (C=O) groups is 1. The van der Waals surface area contributed by atoms with Gasteiger partial charge < -0.3 is 34.9 Å². The molecular weight excluding hydrogens is 402 g/mol. The highest BCUT2D eigenvalue weighted by Crippen LogP contribution is 2.40. The van der Waals surface area contributed by atoms with Crippen molar-refractivity contribution in [1.82, 2.24) is 14.9 Å². The van der Waals surface area contributed by atoms with Crippen LogP contribution in [0.3, 0.4) is 0 Å². The number of hydrogen-bond acceptors (Lipinski definition) is 6. The number of benzene rings is 1. The maximum absolute atomic E-state index is 12.4. The molecule has 0 spiro atoms. The summed E-state index contributed by atoms with van der Waals surface area (Å²) in [6.07, 6.45) is 0.298. The van der Waals surface area contributed by atoms with E-state index in [9.17, 15) is 19.8 Å². The van der Waals surface area contributed by atoms with Crippen molar-refractivity contribution in [3.8, 4) is 22.8 Å². The van der Waals surface area contributed by atoms with Gasteiger partial charge in [0.2, 0.25) is 5.75 Å². The van der Waals surface area contributed by atoms with Gasteiger partial charge in [0.05, 0.1) is 12.3 Å². The first-order valence-electron chi connectivity index (χ1n) is 10.1. The van der Waals surface area contributed by atoms with E-state index in [1.54, 1.807) is 0 Å². The molecule has 0 amide bonds. The van der Waals surface area contributed by atoms with Gasteiger partial charge in [-0.2, -0.15) is 0 Å². The number of aromatic hydroxyl groups is 1. The number of rotatable bonds is 5. The highest BCUT2D eigenvalue weighted by atomic mass is 16.7. The summed E-state index contributed by atoms with van der Waals surface area (Å²) in [5.74, 6) is -1.02. The van der Waals surface area contributed by atoms with Gasteiger partial charge in [-0.3, -0.25) is 4.79 Å². The van der Waals surface area contributed by atoms with Gasteiger partial charge in [-0.1, -0.05) is 0 Å². The van der Waals surface area contributed by atoms with E-state index in [4.69, 9.17) is 5.11 Å². The van der Waals surface area contributed by atoms with Gasteiger partial charge in [0.1, 0.15) is 0 Å². The molecule has 2 heterocycles. The lowest BCUT2D eigenvalue weighted by Crippen LogP contribution is -2.29. The third-order valence-corrected chi connectivity index (χ3v) is 5.85. The van der Waals surface area contributed by atoms with Crippen LogP contribution in [0.4, 0.5) is 4.79 Å². The predicted molar refractivity (Wildman–Crippen MR) is 115 cm³/mol. The number of fused-ring (bicyclic) bond motifs is 4. The highest BCUT2D eigenvalue weighted by Gasteiger charge is 2.25. The van der Waals surface area contributed by atoms with Crippen molar-refractivity contribution >= 4 is 17.1 Å². The summed E-state index contributed by atoms with van der Waals surface area (Å²) in [5, 5.41) is 32.9. The fraction of sp³-hybridized carbons (Fsp3) is 0.364. The predicted octanol–water partition coefficient (Wildman–Crippen LogP) is 2.26. The van der Waals surface area contributed by atoms with E-state index in [2.05, 4.69) is 31.7 Å². The number of aromatic amines is 1. The molecule has 5 N–H and O–H groups in total. The molecule has 1 atom stereocenters. The molecule has 1 aliphatic rings. The molecule has 0 aliphatic heterocycles. The lowest BCUT2D eigenvalue weighted by molar-refractivity contribution is 0.142. The third-order valence-electron chi connectivity index (χ3n) is 5.85. The average Bonchev–Trinajstić information content (AvgIpc) is 2.92. The van der Waals surface area contributed by atoms with E-state index in [1.807, 2.05) is 20.0 Å². The normalized spacial score (nSPS) is 14.0. The topological polar surface area (TPSA) is 137 Å². The summed E-state index contributed by atoms with van der Waals surface area (Å²) in [7, 11) is 1.99. The Labute approximate surface area is 177 Å². The number of pyridine rings is 1. The van der Waals surface area contributed by atoms with Crippen molar-refractivity contribution in [3.05, 3.63) is 45.4 Å². The molecule has 1 aliphatic carbocycles. The van der Waals surface area contributed by atoms with Crippen LogP contribution in [0.25, 0.3) is 22.2 Å². The average molecular weight is 427 g/mol. The minimum absolute atomic E-state index is 0.0168. The zero-order valence-electron chi connectivity index (χ0n) is 17.4. The largest absolute Gasteiger partial charge is 0.511 e. The molecule has 1 aromatic carbocycles. The fourth-order valence-electron chi connectivity index (χ4n) is 4.16. The Morgan fingerprint density at radius 3 is 2.81 bits per heavy atom. The number of carboxylic acid groups (broad SMARTS) is 1. The number of nitrogens with one attached hydrogen (secondary N) is 2. The number of aliphatic hydroxyl groups excluding tert-OH is 1. The Kier molecular flexibility index (Phi) is 5.47. The standard InChI is InChI=1S/C22H25N3O6/c1-11(10-26)23-9-14-6-13-7-16-12(8-17(13)25(14)2)4-3-5-15-18(16)24-21(28)20(19(15)27)31-22(29)30/h6-8,11,23,26H,3-5,9-10H2,1-2H3,(H,29,30)(H2,24,27,28). The van der Waals surface area contributed by atoms with Crippen molar-refractivity contribution in [1.29, 1.82) is 0 Å². The van der Waals surface area contributed by atoms with E-state index in [1.165, 1.54) is 0 Å². The zero-order chi connectivity index (χ0) is 22.3. The Balaban J connectivity index is 1.84. The maximum atomic E-state index is 12.4. The first-order valence-corrected chi connectivity index (χ1v) is 10.1. The maximum Gasteiger partial charge on any atom is 0.511 e. The number of aryl methyl sites for hydroxylation is 2. The molecule has 164 valence electrons. The van der Waals surface area contributed by atoms with Crippen LogP contribution < -0.4 is 15.6 Å². The van der Waals surface area contributed by atoms with Gasteiger partial charge >= 0.3 is 6.16 Å². The number of ether oxygens (including phenoxy) is 1. The van der Waals surface area contributed by atoms with E-state index in [0.29, 0.717) is 24.2 Å². The fourth-order valence-corrected chi connectivity index (χ4v) is 4.16. The number of H-pyrrole nitrogens is 1. The van der Waals surface area contributed by atoms with Crippen molar-refractivity contribution in [3.63, 3.8) is 0 Å². The van der Waals surface area contributed by atoms with E-state index < -0.39 is 23.2 Å². The van der Waals surface area contributed by atoms with Crippen molar-refractivity contribution in [2.75, 3.05) is 6.61 Å². The van der Waals surface area contributed by atoms with Crippen molar-refractivity contribution in [2.24, 2.45) is 7.05 Å². The van der Waals surface area contributed by atoms with E-state index in [-0.39, 0.29) is 12.6 Å². The van der Waals surface area contributed by atoms with Crippen LogP contribution in [0.2, 0.25) is 0 Å². The first kappa shape index (κ1) is 21.0. The van der Waals surface area contributed by atoms with Crippen LogP contribution in [0, 0.1) is 0 Å². The summed E-state index contributed by atoms with van der Waals surface area (Å²) in [5.41, 5.74) is 4.13. The monoisotopic (exact) mass is 427 g/mol. The highest BCUT2D eigenvalue weighted by molar-refractivity contribution is 5.89. The summed E-state index contributed by atoms with van der Waals surface area (Å²) in [6.45, 7) is 2.56. The van der Waals surface area contributed by atoms with Crippen molar-refractivity contribution in [2.45, 2.75) is 38.8 Å². The van der Waals surface area contributed by atoms with Gasteiger partial charge in [0, 0.05) is 47.4 Å². The molecule has 1 unspecified atom stereocenters. The molecule has 9 nitrogen and oxygen atoms in total. The van der Waals surface area contributed by atoms with Crippen molar-refractivity contribution < 1.29 is 24.9 Å². The molecule has 2 aromatic heterocycles. The van der Waals surface area contributed by atoms with Crippen LogP contribution >= 0.6 is 0 Å². The van der Waals surface area contributed by atoms with E-state index >= 15 is 0 Å². The van der Waals surface area contributed by atoms with Crippen LogP contribution in [0.5, 0.6) is 11.5 Å². The lowest BCUT2D eigenvalue weighted by atomic mass is 9.99. The summed E-state index contributed by atoms with van der Waals surface area (Å²) < 4.78 is 6.61. The van der Waals surface area contributed by atoms with Gasteiger partial charge in [0.25, 0.3) is 5.56 Å². The molecule has 0 saturated carbocycles. The quantitative estimate of drug-likeness (QED) is 0.394. The molecule has 0 saturated heterocycles. The molecule has 0 radical (unpaired) electrons. The first-order chi connectivity index (χ1) is 14.8. The molecule has 0 fully saturated rings. The third kappa shape index (κ3) is 3.77. The van der Waals surface area contributed by atoms with Crippen LogP contribution in [0.1, 0.15) is 30.2 Å². The van der Waals surface area contributed by atoms with E-state index in [0.717, 1.165) is 40.6 Å². The number of hydrogen-bond donors (Lipinski definition) is 5. The molecule has 9 heteroatoms. The van der Waals surface area contributed by atoms with Gasteiger partial charge in [-0.25, -0.2) is 4.79 Å². The van der Waals surface area contributed by atoms with Gasteiger partial charge in [-0.05, 0) is 49.9 Å². The minimum atomic E-state index is -1.66. The Bertz CT molecular complexity index is 1230. The lowest BCUT2D eigenvalue weighted by Gasteiger charge is -2.13. The smallest absolute Gasteiger partial charge is 0.504 e. The zero-order valence-corrected chi connectivity index (χ0v) is 17.4. The molecule has 31 heavy (non-hydrogen) atoms. The Morgan fingerprint density at radius 2 is 2.10 bits per heavy atom. The molecule has 3 aromatic rings. The number of aliphatic hydroxyl groups is 1. The molecule has 4 rings (SSSR count). The van der Waals surface area contributed by atoms with Gasteiger partial charge in [-0.15, -0.1) is 0 Å².